The third kappa shape index (κ3) is 4.59. The molecule has 26 heavy (non-hydrogen) atoms. The van der Waals surface area contributed by atoms with E-state index in [4.69, 9.17) is 14.2 Å². The fourth-order valence-corrected chi connectivity index (χ4v) is 3.40. The highest BCUT2D eigenvalue weighted by molar-refractivity contribution is 7.15. The zero-order valence-corrected chi connectivity index (χ0v) is 15.5. The van der Waals surface area contributed by atoms with Crippen LogP contribution in [0.15, 0.2) is 24.3 Å². The van der Waals surface area contributed by atoms with Crippen LogP contribution in [0.3, 0.4) is 0 Å². The molecule has 1 amide bonds. The number of benzene rings is 1. The molecule has 0 saturated carbocycles. The lowest BCUT2D eigenvalue weighted by Crippen LogP contribution is -2.07. The number of nitrogens with one attached hydrogen (secondary N) is 1. The lowest BCUT2D eigenvalue weighted by atomic mass is 10.2. The number of amides is 1. The van der Waals surface area contributed by atoms with Crippen LogP contribution in [0.5, 0.6) is 11.5 Å². The lowest BCUT2D eigenvalue weighted by Gasteiger charge is -2.09. The quantitative estimate of drug-likeness (QED) is 0.747. The maximum absolute atomic E-state index is 12.1. The van der Waals surface area contributed by atoms with E-state index in [0.29, 0.717) is 23.2 Å². The van der Waals surface area contributed by atoms with E-state index in [1.807, 2.05) is 25.1 Å². The van der Waals surface area contributed by atoms with Crippen LogP contribution in [-0.4, -0.2) is 36.4 Å². The molecule has 1 fully saturated rings. The number of methoxy groups -OCH3 is 1. The van der Waals surface area contributed by atoms with Gasteiger partial charge in [0.05, 0.1) is 13.7 Å². The molecule has 2 heterocycles. The molecule has 7 nitrogen and oxygen atoms in total. The van der Waals surface area contributed by atoms with Crippen LogP contribution in [-0.2, 0) is 9.53 Å². The van der Waals surface area contributed by atoms with E-state index in [9.17, 15) is 4.79 Å². The van der Waals surface area contributed by atoms with Crippen molar-refractivity contribution < 1.29 is 19.0 Å². The first-order valence-corrected chi connectivity index (χ1v) is 9.26. The molecular weight excluding hydrogens is 354 g/mol. The number of rotatable bonds is 7. The van der Waals surface area contributed by atoms with Crippen molar-refractivity contribution in [2.24, 2.45) is 0 Å². The van der Waals surface area contributed by atoms with Gasteiger partial charge in [0.1, 0.15) is 11.1 Å². The van der Waals surface area contributed by atoms with Crippen LogP contribution in [0.4, 0.5) is 5.13 Å². The van der Waals surface area contributed by atoms with E-state index >= 15 is 0 Å². The van der Waals surface area contributed by atoms with Gasteiger partial charge in [-0.2, -0.15) is 0 Å². The number of carbonyl (C=O) groups excluding carboxylic acids is 1. The van der Waals surface area contributed by atoms with Crippen molar-refractivity contribution in [2.45, 2.75) is 25.9 Å². The highest BCUT2D eigenvalue weighted by atomic mass is 32.1. The normalized spacial score (nSPS) is 16.8. The second kappa shape index (κ2) is 8.77. The average Bonchev–Trinajstić information content (AvgIpc) is 3.32. The van der Waals surface area contributed by atoms with Gasteiger partial charge in [-0.1, -0.05) is 17.4 Å². The fraction of sp³-hybridized carbons (Fsp3) is 0.389. The number of hydrogen-bond acceptors (Lipinski definition) is 7. The summed E-state index contributed by atoms with van der Waals surface area (Å²) in [6.45, 7) is 3.22. The van der Waals surface area contributed by atoms with E-state index in [2.05, 4.69) is 15.5 Å². The predicted octanol–water partition coefficient (Wildman–Crippen LogP) is 3.45. The maximum atomic E-state index is 12.1. The maximum Gasteiger partial charge on any atom is 0.250 e. The number of ether oxygens (including phenoxy) is 3. The van der Waals surface area contributed by atoms with Crippen LogP contribution < -0.4 is 14.8 Å². The van der Waals surface area contributed by atoms with Gasteiger partial charge in [-0.15, -0.1) is 10.2 Å². The smallest absolute Gasteiger partial charge is 0.250 e. The molecule has 0 spiro atoms. The van der Waals surface area contributed by atoms with Crippen molar-refractivity contribution >= 4 is 28.5 Å². The van der Waals surface area contributed by atoms with Crippen molar-refractivity contribution in [1.29, 1.82) is 0 Å². The van der Waals surface area contributed by atoms with Crippen LogP contribution in [0.1, 0.15) is 36.4 Å². The topological polar surface area (TPSA) is 82.6 Å². The van der Waals surface area contributed by atoms with Gasteiger partial charge in [0.2, 0.25) is 11.0 Å². The van der Waals surface area contributed by atoms with E-state index in [-0.39, 0.29) is 12.0 Å². The summed E-state index contributed by atoms with van der Waals surface area (Å²) in [6.07, 6.45) is 5.13. The summed E-state index contributed by atoms with van der Waals surface area (Å²) in [5.41, 5.74) is 0.831. The van der Waals surface area contributed by atoms with Crippen molar-refractivity contribution in [3.05, 3.63) is 34.8 Å². The SMILES string of the molecule is CCOc1ccc(/C=C/C(=O)Nc2nnc(C3CCCO3)s2)cc1OC. The number of anilines is 1. The summed E-state index contributed by atoms with van der Waals surface area (Å²) in [5, 5.41) is 12.1. The average molecular weight is 375 g/mol. The summed E-state index contributed by atoms with van der Waals surface area (Å²) in [6, 6.07) is 5.49. The molecule has 0 aliphatic carbocycles. The van der Waals surface area contributed by atoms with Gasteiger partial charge in [-0.25, -0.2) is 0 Å². The molecule has 0 bridgehead atoms. The Kier molecular flexibility index (Phi) is 6.19. The zero-order valence-electron chi connectivity index (χ0n) is 14.7. The minimum atomic E-state index is -0.270. The number of hydrogen-bond donors (Lipinski definition) is 1. The summed E-state index contributed by atoms with van der Waals surface area (Å²) in [4.78, 5) is 12.1. The molecule has 1 atom stereocenters. The molecule has 2 aromatic rings. The largest absolute Gasteiger partial charge is 0.493 e. The number of nitrogens with zero attached hydrogens (tertiary/aromatic N) is 2. The molecule has 3 rings (SSSR count). The lowest BCUT2D eigenvalue weighted by molar-refractivity contribution is -0.111. The van der Waals surface area contributed by atoms with Crippen molar-refractivity contribution in [2.75, 3.05) is 25.6 Å². The molecule has 1 aromatic heterocycles. The minimum absolute atomic E-state index is 0.00464. The predicted molar refractivity (Wildman–Crippen MR) is 99.7 cm³/mol. The summed E-state index contributed by atoms with van der Waals surface area (Å²) in [5.74, 6) is 1.03. The summed E-state index contributed by atoms with van der Waals surface area (Å²) < 4.78 is 16.4. The Morgan fingerprint density at radius 3 is 3.04 bits per heavy atom. The highest BCUT2D eigenvalue weighted by Gasteiger charge is 2.22. The van der Waals surface area contributed by atoms with Gasteiger partial charge < -0.3 is 14.2 Å². The molecule has 1 unspecified atom stereocenters. The van der Waals surface area contributed by atoms with Crippen LogP contribution in [0.25, 0.3) is 6.08 Å². The fourth-order valence-electron chi connectivity index (χ4n) is 2.57. The first kappa shape index (κ1) is 18.3. The Morgan fingerprint density at radius 2 is 2.31 bits per heavy atom. The standard InChI is InChI=1S/C18H21N3O4S/c1-3-24-13-8-6-12(11-15(13)23-2)7-9-16(22)19-18-21-20-17(26-18)14-5-4-10-25-14/h6-9,11,14H,3-5,10H2,1-2H3,(H,19,21,22)/b9-7+. The Hall–Kier alpha value is -2.45. The second-order valence-corrected chi connectivity index (χ2v) is 6.62. The Bertz CT molecular complexity index is 784. The van der Waals surface area contributed by atoms with Gasteiger partial charge in [-0.05, 0) is 43.5 Å². The number of aromatic nitrogens is 2. The molecule has 1 aliphatic heterocycles. The Labute approximate surface area is 156 Å². The molecule has 1 N–H and O–H groups in total. The third-order valence-corrected chi connectivity index (χ3v) is 4.72. The monoisotopic (exact) mass is 375 g/mol. The van der Waals surface area contributed by atoms with Crippen LogP contribution in [0.2, 0.25) is 0 Å². The summed E-state index contributed by atoms with van der Waals surface area (Å²) >= 11 is 1.34. The van der Waals surface area contributed by atoms with E-state index < -0.39 is 0 Å². The second-order valence-electron chi connectivity index (χ2n) is 5.61. The van der Waals surface area contributed by atoms with Gasteiger partial charge in [0.15, 0.2) is 11.5 Å². The Morgan fingerprint density at radius 1 is 1.42 bits per heavy atom. The molecule has 138 valence electrons. The van der Waals surface area contributed by atoms with Crippen molar-refractivity contribution in [1.82, 2.24) is 10.2 Å². The highest BCUT2D eigenvalue weighted by Crippen LogP contribution is 2.32. The van der Waals surface area contributed by atoms with Gasteiger partial charge in [-0.3, -0.25) is 10.1 Å². The first-order chi connectivity index (χ1) is 12.7. The van der Waals surface area contributed by atoms with Gasteiger partial charge in [0, 0.05) is 12.7 Å². The third-order valence-electron chi connectivity index (χ3n) is 3.79. The molecule has 1 aromatic carbocycles. The molecule has 0 radical (unpaired) electrons. The first-order valence-electron chi connectivity index (χ1n) is 8.44. The van der Waals surface area contributed by atoms with Crippen LogP contribution >= 0.6 is 11.3 Å². The van der Waals surface area contributed by atoms with Crippen molar-refractivity contribution in [3.63, 3.8) is 0 Å². The van der Waals surface area contributed by atoms with Gasteiger partial charge >= 0.3 is 0 Å². The summed E-state index contributed by atoms with van der Waals surface area (Å²) in [7, 11) is 1.58. The zero-order chi connectivity index (χ0) is 18.4. The van der Waals surface area contributed by atoms with Crippen molar-refractivity contribution in [3.8, 4) is 11.5 Å². The van der Waals surface area contributed by atoms with E-state index in [1.165, 1.54) is 17.4 Å². The minimum Gasteiger partial charge on any atom is -0.493 e. The van der Waals surface area contributed by atoms with E-state index in [0.717, 1.165) is 30.0 Å². The Balaban J connectivity index is 1.60. The molecule has 1 aliphatic rings. The number of carbonyl (C=O) groups is 1. The molecular formula is C18H21N3O4S. The molecule has 1 saturated heterocycles. The van der Waals surface area contributed by atoms with Gasteiger partial charge in [0.25, 0.3) is 0 Å². The molecule has 8 heteroatoms. The van der Waals surface area contributed by atoms with Crippen LogP contribution in [0, 0.1) is 0 Å². The van der Waals surface area contributed by atoms with E-state index in [1.54, 1.807) is 13.2 Å².